The summed E-state index contributed by atoms with van der Waals surface area (Å²) in [6.07, 6.45) is -4.37. The summed E-state index contributed by atoms with van der Waals surface area (Å²) in [7, 11) is 3.69. The molecule has 1 aromatic heterocycles. The van der Waals surface area contributed by atoms with E-state index in [9.17, 15) is 13.2 Å². The lowest BCUT2D eigenvalue weighted by Crippen LogP contribution is -2.07. The maximum absolute atomic E-state index is 12.7. The van der Waals surface area contributed by atoms with Gasteiger partial charge in [-0.3, -0.25) is 0 Å². The number of hydrogen-bond acceptors (Lipinski definition) is 6. The van der Waals surface area contributed by atoms with Crippen LogP contribution in [0, 0.1) is 0 Å². The van der Waals surface area contributed by atoms with E-state index >= 15 is 0 Å². The Kier molecular flexibility index (Phi) is 4.74. The third-order valence-electron chi connectivity index (χ3n) is 2.58. The fourth-order valence-corrected chi connectivity index (χ4v) is 3.37. The monoisotopic (exact) mass is 334 g/mol. The second-order valence-electron chi connectivity index (χ2n) is 4.37. The number of benzene rings is 1. The van der Waals surface area contributed by atoms with Gasteiger partial charge in [0.1, 0.15) is 0 Å². The number of anilines is 1. The van der Waals surface area contributed by atoms with Crippen molar-refractivity contribution in [3.05, 3.63) is 29.3 Å². The summed E-state index contributed by atoms with van der Waals surface area (Å²) in [5.41, 5.74) is 5.29. The summed E-state index contributed by atoms with van der Waals surface area (Å²) in [5, 5.41) is 8.73. The summed E-state index contributed by atoms with van der Waals surface area (Å²) in [6.45, 7) is 0.0333. The van der Waals surface area contributed by atoms with E-state index in [4.69, 9.17) is 5.73 Å². The summed E-state index contributed by atoms with van der Waals surface area (Å²) in [4.78, 5) is 2.48. The summed E-state index contributed by atoms with van der Waals surface area (Å²) >= 11 is 2.64. The highest BCUT2D eigenvalue weighted by Crippen LogP contribution is 2.37. The molecule has 0 aliphatic rings. The van der Waals surface area contributed by atoms with Gasteiger partial charge in [-0.25, -0.2) is 0 Å². The second kappa shape index (κ2) is 6.20. The van der Waals surface area contributed by atoms with Gasteiger partial charge in [-0.1, -0.05) is 23.1 Å². The normalized spacial score (nSPS) is 11.7. The van der Waals surface area contributed by atoms with Gasteiger partial charge < -0.3 is 10.6 Å². The van der Waals surface area contributed by atoms with Crippen LogP contribution in [0.25, 0.3) is 0 Å². The minimum Gasteiger partial charge on any atom is -0.353 e. The van der Waals surface area contributed by atoms with Crippen LogP contribution >= 0.6 is 23.1 Å². The standard InChI is InChI=1S/C12H13F3N4S2/c1-19(2)10-17-18-11(21-10)20-9-4-3-8(12(13,14)15)5-7(9)6-16/h3-5H,6,16H2,1-2H3. The van der Waals surface area contributed by atoms with E-state index in [0.717, 1.165) is 17.3 Å². The Labute approximate surface area is 128 Å². The van der Waals surface area contributed by atoms with E-state index in [1.165, 1.54) is 29.2 Å². The first kappa shape index (κ1) is 16.1. The van der Waals surface area contributed by atoms with Crippen molar-refractivity contribution >= 4 is 28.2 Å². The largest absolute Gasteiger partial charge is 0.416 e. The molecule has 0 spiro atoms. The van der Waals surface area contributed by atoms with Crippen LogP contribution in [0.5, 0.6) is 0 Å². The molecule has 0 saturated carbocycles. The summed E-state index contributed by atoms with van der Waals surface area (Å²) < 4.78 is 38.7. The smallest absolute Gasteiger partial charge is 0.353 e. The zero-order valence-corrected chi connectivity index (χ0v) is 12.9. The molecule has 2 N–H and O–H groups in total. The maximum atomic E-state index is 12.7. The summed E-state index contributed by atoms with van der Waals surface area (Å²) in [6, 6.07) is 3.55. The Balaban J connectivity index is 2.27. The average molecular weight is 334 g/mol. The van der Waals surface area contributed by atoms with Gasteiger partial charge in [0.05, 0.1) is 5.56 Å². The number of halogens is 3. The Morgan fingerprint density at radius 3 is 2.52 bits per heavy atom. The number of aromatic nitrogens is 2. The van der Waals surface area contributed by atoms with Crippen molar-refractivity contribution in [2.45, 2.75) is 22.0 Å². The van der Waals surface area contributed by atoms with Crippen LogP contribution in [0.15, 0.2) is 27.4 Å². The Hall–Kier alpha value is -1.32. The first-order valence-corrected chi connectivity index (χ1v) is 7.53. The van der Waals surface area contributed by atoms with Crippen molar-refractivity contribution in [1.82, 2.24) is 10.2 Å². The fourth-order valence-electron chi connectivity index (χ4n) is 1.53. The van der Waals surface area contributed by atoms with Crippen LogP contribution in [0.3, 0.4) is 0 Å². The highest BCUT2D eigenvalue weighted by atomic mass is 32.2. The van der Waals surface area contributed by atoms with E-state index in [1.807, 2.05) is 19.0 Å². The van der Waals surface area contributed by atoms with Crippen LogP contribution in [-0.4, -0.2) is 24.3 Å². The molecule has 21 heavy (non-hydrogen) atoms. The number of rotatable bonds is 4. The molecule has 4 nitrogen and oxygen atoms in total. The molecular weight excluding hydrogens is 321 g/mol. The van der Waals surface area contributed by atoms with Crippen LogP contribution in [0.4, 0.5) is 18.3 Å². The van der Waals surface area contributed by atoms with Gasteiger partial charge in [0, 0.05) is 25.5 Å². The van der Waals surface area contributed by atoms with E-state index < -0.39 is 11.7 Å². The molecule has 0 saturated heterocycles. The molecule has 0 amide bonds. The van der Waals surface area contributed by atoms with Gasteiger partial charge in [0.2, 0.25) is 5.13 Å². The van der Waals surface area contributed by atoms with Crippen molar-refractivity contribution in [3.8, 4) is 0 Å². The predicted molar refractivity (Wildman–Crippen MR) is 77.7 cm³/mol. The number of nitrogens with two attached hydrogens (primary N) is 1. The van der Waals surface area contributed by atoms with Gasteiger partial charge in [-0.05, 0) is 23.8 Å². The van der Waals surface area contributed by atoms with Crippen molar-refractivity contribution in [2.24, 2.45) is 5.73 Å². The highest BCUT2D eigenvalue weighted by molar-refractivity contribution is 8.01. The topological polar surface area (TPSA) is 55.0 Å². The predicted octanol–water partition coefficient (Wildman–Crippen LogP) is 3.23. The lowest BCUT2D eigenvalue weighted by atomic mass is 10.1. The molecule has 2 rings (SSSR count). The number of nitrogens with zero attached hydrogens (tertiary/aromatic N) is 3. The van der Waals surface area contributed by atoms with Gasteiger partial charge >= 0.3 is 6.18 Å². The first-order valence-electron chi connectivity index (χ1n) is 5.90. The number of hydrogen-bond donors (Lipinski definition) is 1. The fraction of sp³-hybridized carbons (Fsp3) is 0.333. The van der Waals surface area contributed by atoms with E-state index in [-0.39, 0.29) is 6.54 Å². The molecule has 0 fully saturated rings. The minimum atomic E-state index is -4.37. The lowest BCUT2D eigenvalue weighted by molar-refractivity contribution is -0.137. The van der Waals surface area contributed by atoms with Crippen LogP contribution < -0.4 is 10.6 Å². The van der Waals surface area contributed by atoms with E-state index in [2.05, 4.69) is 10.2 Å². The van der Waals surface area contributed by atoms with Gasteiger partial charge in [0.15, 0.2) is 4.34 Å². The maximum Gasteiger partial charge on any atom is 0.416 e. The van der Waals surface area contributed by atoms with Crippen molar-refractivity contribution < 1.29 is 13.2 Å². The SMILES string of the molecule is CN(C)c1nnc(Sc2ccc(C(F)(F)F)cc2CN)s1. The molecule has 0 radical (unpaired) electrons. The third-order valence-corrected chi connectivity index (χ3v) is 4.84. The molecular formula is C12H13F3N4S2. The van der Waals surface area contributed by atoms with Crippen LogP contribution in [0.1, 0.15) is 11.1 Å². The lowest BCUT2D eigenvalue weighted by Gasteiger charge is -2.11. The quantitative estimate of drug-likeness (QED) is 0.930. The molecule has 1 aromatic carbocycles. The first-order chi connectivity index (χ1) is 9.81. The zero-order valence-electron chi connectivity index (χ0n) is 11.3. The Morgan fingerprint density at radius 1 is 1.29 bits per heavy atom. The molecule has 0 bridgehead atoms. The highest BCUT2D eigenvalue weighted by Gasteiger charge is 2.31. The van der Waals surface area contributed by atoms with Crippen LogP contribution in [0.2, 0.25) is 0 Å². The molecule has 0 atom stereocenters. The zero-order chi connectivity index (χ0) is 15.6. The molecule has 9 heteroatoms. The average Bonchev–Trinajstić information content (AvgIpc) is 2.86. The van der Waals surface area contributed by atoms with E-state index in [0.29, 0.717) is 14.8 Å². The third kappa shape index (κ3) is 3.86. The molecule has 0 aliphatic heterocycles. The Morgan fingerprint density at radius 2 is 2.00 bits per heavy atom. The minimum absolute atomic E-state index is 0.0333. The van der Waals surface area contributed by atoms with Crippen molar-refractivity contribution in [2.75, 3.05) is 19.0 Å². The number of alkyl halides is 3. The van der Waals surface area contributed by atoms with Crippen molar-refractivity contribution in [1.29, 1.82) is 0 Å². The van der Waals surface area contributed by atoms with E-state index in [1.54, 1.807) is 0 Å². The van der Waals surface area contributed by atoms with Crippen molar-refractivity contribution in [3.63, 3.8) is 0 Å². The van der Waals surface area contributed by atoms with Crippen LogP contribution in [-0.2, 0) is 12.7 Å². The van der Waals surface area contributed by atoms with Gasteiger partial charge in [-0.15, -0.1) is 10.2 Å². The van der Waals surface area contributed by atoms with Gasteiger partial charge in [-0.2, -0.15) is 13.2 Å². The van der Waals surface area contributed by atoms with Gasteiger partial charge in [0.25, 0.3) is 0 Å². The molecule has 1 heterocycles. The Bertz CT molecular complexity index is 625. The molecule has 0 unspecified atom stereocenters. The molecule has 0 aliphatic carbocycles. The second-order valence-corrected chi connectivity index (χ2v) is 6.62. The molecule has 114 valence electrons. The molecule has 2 aromatic rings. The summed E-state index contributed by atoms with van der Waals surface area (Å²) in [5.74, 6) is 0.